The van der Waals surface area contributed by atoms with E-state index in [4.69, 9.17) is 15.2 Å². The summed E-state index contributed by atoms with van der Waals surface area (Å²) in [6.07, 6.45) is 3.74. The van der Waals surface area contributed by atoms with Gasteiger partial charge < -0.3 is 15.2 Å². The zero-order valence-corrected chi connectivity index (χ0v) is 13.2. The molecular weight excluding hydrogens is 298 g/mol. The van der Waals surface area contributed by atoms with Crippen LogP contribution in [0.1, 0.15) is 44.1 Å². The Bertz CT molecular complexity index is 580. The monoisotopic (exact) mass is 321 g/mol. The molecule has 4 unspecified atom stereocenters. The van der Waals surface area contributed by atoms with E-state index >= 15 is 0 Å². The minimum atomic E-state index is -0.710. The van der Waals surface area contributed by atoms with Crippen LogP contribution in [-0.2, 0) is 0 Å². The number of hydrogen-bond acceptors (Lipinski definition) is 6. The molecular formula is C16H23N3O4. The third-order valence-electron chi connectivity index (χ3n) is 4.78. The molecule has 2 aliphatic heterocycles. The number of nitro groups is 1. The Hall–Kier alpha value is -1.86. The summed E-state index contributed by atoms with van der Waals surface area (Å²) in [5.74, 6) is 1.08. The molecule has 0 aliphatic carbocycles. The zero-order chi connectivity index (χ0) is 16.4. The fraction of sp³-hybridized carbons (Fsp3) is 0.625. The van der Waals surface area contributed by atoms with E-state index in [1.807, 2.05) is 18.2 Å². The number of fused-ring (bicyclic) bond motifs is 1. The lowest BCUT2D eigenvalue weighted by Gasteiger charge is -2.29. The first-order valence-corrected chi connectivity index (χ1v) is 8.11. The van der Waals surface area contributed by atoms with Crippen LogP contribution in [0.3, 0.4) is 0 Å². The maximum absolute atomic E-state index is 11.4. The van der Waals surface area contributed by atoms with Gasteiger partial charge in [0.1, 0.15) is 0 Å². The zero-order valence-electron chi connectivity index (χ0n) is 13.2. The molecule has 1 aromatic carbocycles. The predicted octanol–water partition coefficient (Wildman–Crippen LogP) is 1.98. The summed E-state index contributed by atoms with van der Waals surface area (Å²) in [5, 5.41) is 14.8. The fourth-order valence-electron chi connectivity index (χ4n) is 3.55. The summed E-state index contributed by atoms with van der Waals surface area (Å²) in [7, 11) is 0. The molecule has 1 saturated heterocycles. The smallest absolute Gasteiger partial charge is 0.231 e. The highest BCUT2D eigenvalue weighted by Gasteiger charge is 2.37. The predicted molar refractivity (Wildman–Crippen MR) is 85.1 cm³/mol. The number of nitrogens with zero attached hydrogens (tertiary/aromatic N) is 1. The average molecular weight is 321 g/mol. The quantitative estimate of drug-likeness (QED) is 0.650. The molecule has 4 atom stereocenters. The van der Waals surface area contributed by atoms with Crippen LogP contribution in [-0.4, -0.2) is 30.0 Å². The van der Waals surface area contributed by atoms with Crippen LogP contribution in [0, 0.1) is 10.1 Å². The Morgan fingerprint density at radius 3 is 2.83 bits per heavy atom. The summed E-state index contributed by atoms with van der Waals surface area (Å²) in [5.41, 5.74) is 6.98. The first-order valence-electron chi connectivity index (χ1n) is 8.11. The Morgan fingerprint density at radius 1 is 1.30 bits per heavy atom. The number of ether oxygens (including phenoxy) is 2. The van der Waals surface area contributed by atoms with Gasteiger partial charge in [-0.2, -0.15) is 0 Å². The van der Waals surface area contributed by atoms with Crippen molar-refractivity contribution in [1.82, 2.24) is 5.32 Å². The summed E-state index contributed by atoms with van der Waals surface area (Å²) in [6, 6.07) is 4.86. The first-order chi connectivity index (χ1) is 11.1. The van der Waals surface area contributed by atoms with Gasteiger partial charge in [-0.3, -0.25) is 15.4 Å². The van der Waals surface area contributed by atoms with Crippen LogP contribution in [0.2, 0.25) is 0 Å². The maximum Gasteiger partial charge on any atom is 0.231 e. The van der Waals surface area contributed by atoms with Crippen LogP contribution in [0.5, 0.6) is 11.5 Å². The van der Waals surface area contributed by atoms with Gasteiger partial charge >= 0.3 is 0 Å². The minimum absolute atomic E-state index is 0.0201. The summed E-state index contributed by atoms with van der Waals surface area (Å²) in [6.45, 7) is 1.86. The molecule has 7 heteroatoms. The van der Waals surface area contributed by atoms with Crippen LogP contribution in [0.25, 0.3) is 0 Å². The molecule has 0 bridgehead atoms. The average Bonchev–Trinajstić information content (AvgIpc) is 2.88. The Morgan fingerprint density at radius 2 is 2.04 bits per heavy atom. The number of hydrogen-bond donors (Lipinski definition) is 2. The van der Waals surface area contributed by atoms with Gasteiger partial charge in [-0.25, -0.2) is 0 Å². The van der Waals surface area contributed by atoms with E-state index in [0.717, 1.165) is 31.2 Å². The molecule has 0 aromatic heterocycles. The minimum Gasteiger partial charge on any atom is -0.454 e. The molecule has 0 saturated carbocycles. The number of nitrogens with two attached hydrogens (primary N) is 1. The fourth-order valence-corrected chi connectivity index (χ4v) is 3.55. The second-order valence-corrected chi connectivity index (χ2v) is 6.33. The van der Waals surface area contributed by atoms with E-state index < -0.39 is 6.04 Å². The lowest BCUT2D eigenvalue weighted by atomic mass is 9.83. The highest BCUT2D eigenvalue weighted by molar-refractivity contribution is 5.46. The van der Waals surface area contributed by atoms with Gasteiger partial charge in [0.25, 0.3) is 0 Å². The summed E-state index contributed by atoms with van der Waals surface area (Å²) >= 11 is 0. The van der Waals surface area contributed by atoms with Crippen LogP contribution in [0.15, 0.2) is 18.2 Å². The summed E-state index contributed by atoms with van der Waals surface area (Å²) in [4.78, 5) is 11.2. The molecule has 7 nitrogen and oxygen atoms in total. The number of rotatable bonds is 4. The van der Waals surface area contributed by atoms with Gasteiger partial charge in [-0.05, 0) is 30.5 Å². The second kappa shape index (κ2) is 6.72. The molecule has 0 amide bonds. The first kappa shape index (κ1) is 16.0. The SMILES string of the molecule is CC(C(c1ccc2c(c1)OCO2)C1CCCCC(N)N1)[N+](=O)[O-]. The third kappa shape index (κ3) is 3.40. The van der Waals surface area contributed by atoms with Crippen LogP contribution < -0.4 is 20.5 Å². The molecule has 3 N–H and O–H groups in total. The molecule has 2 aliphatic rings. The van der Waals surface area contributed by atoms with E-state index in [9.17, 15) is 10.1 Å². The molecule has 3 rings (SSSR count). The van der Waals surface area contributed by atoms with Crippen molar-refractivity contribution in [2.45, 2.75) is 56.8 Å². The maximum atomic E-state index is 11.4. The number of benzene rings is 1. The van der Waals surface area contributed by atoms with Crippen molar-refractivity contribution in [2.24, 2.45) is 5.73 Å². The van der Waals surface area contributed by atoms with Gasteiger partial charge in [0.2, 0.25) is 12.8 Å². The van der Waals surface area contributed by atoms with Crippen molar-refractivity contribution in [1.29, 1.82) is 0 Å². The Labute approximate surface area is 135 Å². The molecule has 126 valence electrons. The van der Waals surface area contributed by atoms with Crippen molar-refractivity contribution in [2.75, 3.05) is 6.79 Å². The van der Waals surface area contributed by atoms with Crippen molar-refractivity contribution in [3.63, 3.8) is 0 Å². The van der Waals surface area contributed by atoms with Crippen LogP contribution >= 0.6 is 0 Å². The van der Waals surface area contributed by atoms with E-state index in [-0.39, 0.29) is 29.8 Å². The molecule has 0 spiro atoms. The van der Waals surface area contributed by atoms with Crippen LogP contribution in [0.4, 0.5) is 0 Å². The lowest BCUT2D eigenvalue weighted by Crippen LogP contribution is -2.48. The molecule has 0 radical (unpaired) electrons. The highest BCUT2D eigenvalue weighted by atomic mass is 16.7. The van der Waals surface area contributed by atoms with E-state index in [1.54, 1.807) is 6.92 Å². The summed E-state index contributed by atoms with van der Waals surface area (Å²) < 4.78 is 10.8. The topological polar surface area (TPSA) is 99.7 Å². The Balaban J connectivity index is 1.93. The second-order valence-electron chi connectivity index (χ2n) is 6.33. The van der Waals surface area contributed by atoms with Gasteiger partial charge in [0, 0.05) is 17.9 Å². The standard InChI is InChI=1S/C16H23N3O4/c1-10(19(20)21)16(12-4-2-3-5-15(17)18-12)11-6-7-13-14(8-11)23-9-22-13/h6-8,10,12,15-16,18H,2-5,9,17H2,1H3. The van der Waals surface area contributed by atoms with E-state index in [0.29, 0.717) is 11.5 Å². The normalized spacial score (nSPS) is 26.3. The van der Waals surface area contributed by atoms with Crippen molar-refractivity contribution in [3.05, 3.63) is 33.9 Å². The largest absolute Gasteiger partial charge is 0.454 e. The van der Waals surface area contributed by atoms with Gasteiger partial charge in [0.05, 0.1) is 12.1 Å². The lowest BCUT2D eigenvalue weighted by molar-refractivity contribution is -0.523. The van der Waals surface area contributed by atoms with Gasteiger partial charge in [-0.15, -0.1) is 0 Å². The molecule has 1 aromatic rings. The van der Waals surface area contributed by atoms with Gasteiger partial charge in [-0.1, -0.05) is 18.9 Å². The van der Waals surface area contributed by atoms with Crippen molar-refractivity contribution in [3.8, 4) is 11.5 Å². The van der Waals surface area contributed by atoms with E-state index in [1.165, 1.54) is 0 Å². The molecule has 23 heavy (non-hydrogen) atoms. The van der Waals surface area contributed by atoms with Crippen molar-refractivity contribution >= 4 is 0 Å². The molecule has 2 heterocycles. The van der Waals surface area contributed by atoms with Gasteiger partial charge in [0.15, 0.2) is 11.5 Å². The Kier molecular flexibility index (Phi) is 4.68. The highest BCUT2D eigenvalue weighted by Crippen LogP contribution is 2.38. The third-order valence-corrected chi connectivity index (χ3v) is 4.78. The number of nitrogens with one attached hydrogen (secondary N) is 1. The van der Waals surface area contributed by atoms with Crippen molar-refractivity contribution < 1.29 is 14.4 Å². The van der Waals surface area contributed by atoms with E-state index in [2.05, 4.69) is 5.32 Å². The molecule has 1 fully saturated rings.